The van der Waals surface area contributed by atoms with E-state index in [1.54, 1.807) is 19.2 Å². The van der Waals surface area contributed by atoms with Crippen LogP contribution in [0.2, 0.25) is 0 Å². The average molecular weight is 433 g/mol. The monoisotopic (exact) mass is 432 g/mol. The van der Waals surface area contributed by atoms with Gasteiger partial charge in [0.1, 0.15) is 17.3 Å². The van der Waals surface area contributed by atoms with Gasteiger partial charge in [0.2, 0.25) is 0 Å². The fraction of sp³-hybridized carbons (Fsp3) is 0.308. The van der Waals surface area contributed by atoms with Gasteiger partial charge >= 0.3 is 0 Å². The Hall–Kier alpha value is -3.54. The summed E-state index contributed by atoms with van der Waals surface area (Å²) in [5, 5.41) is 6.32. The molecule has 1 heterocycles. The minimum Gasteiger partial charge on any atom is -0.495 e. The number of anilines is 1. The number of fused-ring (bicyclic) bond motifs is 1. The summed E-state index contributed by atoms with van der Waals surface area (Å²) in [6.07, 6.45) is 3.25. The number of carbonyl (C=O) groups is 2. The maximum absolute atomic E-state index is 13.6. The normalized spacial score (nSPS) is 20.1. The van der Waals surface area contributed by atoms with Gasteiger partial charge in [-0.1, -0.05) is 30.3 Å². The summed E-state index contributed by atoms with van der Waals surface area (Å²) < 4.78 is 11.1. The van der Waals surface area contributed by atoms with Crippen molar-refractivity contribution in [1.82, 2.24) is 5.32 Å². The first-order chi connectivity index (χ1) is 15.5. The molecule has 0 saturated carbocycles. The van der Waals surface area contributed by atoms with E-state index < -0.39 is 11.8 Å². The van der Waals surface area contributed by atoms with E-state index in [-0.39, 0.29) is 11.7 Å². The molecule has 2 atom stereocenters. The van der Waals surface area contributed by atoms with Crippen LogP contribution in [0.25, 0.3) is 0 Å². The molecule has 0 spiro atoms. The van der Waals surface area contributed by atoms with Crippen molar-refractivity contribution < 1.29 is 19.1 Å². The molecule has 1 amide bonds. The molecule has 6 heteroatoms. The van der Waals surface area contributed by atoms with E-state index in [1.165, 1.54) is 0 Å². The van der Waals surface area contributed by atoms with Crippen molar-refractivity contribution in [2.24, 2.45) is 5.92 Å². The van der Waals surface area contributed by atoms with Gasteiger partial charge in [-0.15, -0.1) is 0 Å². The summed E-state index contributed by atoms with van der Waals surface area (Å²) in [4.78, 5) is 26.7. The van der Waals surface area contributed by atoms with Crippen molar-refractivity contribution in [3.63, 3.8) is 0 Å². The Labute approximate surface area is 188 Å². The highest BCUT2D eigenvalue weighted by atomic mass is 16.5. The lowest BCUT2D eigenvalue weighted by Gasteiger charge is -2.38. The van der Waals surface area contributed by atoms with Gasteiger partial charge < -0.3 is 20.1 Å². The fourth-order valence-electron chi connectivity index (χ4n) is 4.58. The Morgan fingerprint density at radius 1 is 1.16 bits per heavy atom. The van der Waals surface area contributed by atoms with Gasteiger partial charge in [0.25, 0.3) is 5.91 Å². The molecule has 0 radical (unpaired) electrons. The first kappa shape index (κ1) is 21.7. The van der Waals surface area contributed by atoms with E-state index in [1.807, 2.05) is 50.2 Å². The van der Waals surface area contributed by atoms with Crippen LogP contribution in [0.5, 0.6) is 11.5 Å². The summed E-state index contributed by atoms with van der Waals surface area (Å²) in [5.41, 5.74) is 3.62. The molecule has 4 rings (SSSR count). The van der Waals surface area contributed by atoms with Crippen LogP contribution in [0.1, 0.15) is 38.2 Å². The van der Waals surface area contributed by atoms with E-state index in [2.05, 4.69) is 16.7 Å². The second-order valence-electron chi connectivity index (χ2n) is 7.94. The zero-order valence-corrected chi connectivity index (χ0v) is 18.6. The molecule has 2 unspecified atom stereocenters. The van der Waals surface area contributed by atoms with Gasteiger partial charge in [0, 0.05) is 29.3 Å². The van der Waals surface area contributed by atoms with Crippen LogP contribution in [-0.2, 0) is 9.59 Å². The first-order valence-corrected chi connectivity index (χ1v) is 10.9. The van der Waals surface area contributed by atoms with Crippen molar-refractivity contribution in [2.75, 3.05) is 19.0 Å². The predicted molar refractivity (Wildman–Crippen MR) is 124 cm³/mol. The molecule has 1 aliphatic carbocycles. The zero-order valence-electron chi connectivity index (χ0n) is 18.6. The third kappa shape index (κ3) is 4.13. The van der Waals surface area contributed by atoms with E-state index in [0.717, 1.165) is 22.7 Å². The van der Waals surface area contributed by atoms with Crippen molar-refractivity contribution in [1.29, 1.82) is 0 Å². The second kappa shape index (κ2) is 9.30. The van der Waals surface area contributed by atoms with Crippen LogP contribution in [0.15, 0.2) is 71.6 Å². The highest BCUT2D eigenvalue weighted by Crippen LogP contribution is 2.44. The van der Waals surface area contributed by atoms with E-state index in [0.29, 0.717) is 36.5 Å². The Balaban J connectivity index is 1.79. The molecule has 2 aromatic rings. The van der Waals surface area contributed by atoms with Gasteiger partial charge in [0.05, 0.1) is 25.3 Å². The topological polar surface area (TPSA) is 76.7 Å². The van der Waals surface area contributed by atoms with Gasteiger partial charge in [-0.2, -0.15) is 0 Å². The fourth-order valence-corrected chi connectivity index (χ4v) is 4.58. The number of amides is 1. The highest BCUT2D eigenvalue weighted by molar-refractivity contribution is 6.07. The van der Waals surface area contributed by atoms with Crippen LogP contribution in [0.4, 0.5) is 5.69 Å². The molecule has 166 valence electrons. The minimum atomic E-state index is -0.428. The maximum Gasteiger partial charge on any atom is 0.254 e. The molecule has 2 aliphatic rings. The number of ketones is 1. The molecule has 0 fully saturated rings. The van der Waals surface area contributed by atoms with Gasteiger partial charge in [-0.3, -0.25) is 9.59 Å². The number of methoxy groups -OCH3 is 1. The smallest absolute Gasteiger partial charge is 0.254 e. The Kier molecular flexibility index (Phi) is 6.30. The van der Waals surface area contributed by atoms with Gasteiger partial charge in [-0.25, -0.2) is 0 Å². The Bertz CT molecular complexity index is 1100. The number of para-hydroxylation sites is 2. The van der Waals surface area contributed by atoms with Gasteiger partial charge in [0.15, 0.2) is 0 Å². The van der Waals surface area contributed by atoms with E-state index in [9.17, 15) is 9.59 Å². The van der Waals surface area contributed by atoms with E-state index >= 15 is 0 Å². The largest absolute Gasteiger partial charge is 0.495 e. The number of nitrogens with one attached hydrogen (secondary N) is 2. The van der Waals surface area contributed by atoms with Crippen LogP contribution in [0.3, 0.4) is 0 Å². The number of hydrogen-bond donors (Lipinski definition) is 2. The van der Waals surface area contributed by atoms with Gasteiger partial charge in [-0.05, 0) is 50.1 Å². The SMILES string of the molecule is CCOc1cccc(C2C(C(=O)Nc3ccccc3OC)=C(C)NC3=CCCC(=O)C32)c1. The standard InChI is InChI=1S/C26H28N2O4/c1-4-32-18-10-7-9-17(15-18)24-23(16(2)27-20-12-8-13-21(29)25(20)24)26(30)28-19-11-5-6-14-22(19)31-3/h5-7,9-12,14-15,24-25,27H,4,8,13H2,1-3H3,(H,28,30). The zero-order chi connectivity index (χ0) is 22.7. The summed E-state index contributed by atoms with van der Waals surface area (Å²) in [7, 11) is 1.57. The minimum absolute atomic E-state index is 0.136. The third-order valence-electron chi connectivity index (χ3n) is 5.95. The van der Waals surface area contributed by atoms with Crippen LogP contribution >= 0.6 is 0 Å². The lowest BCUT2D eigenvalue weighted by Crippen LogP contribution is -2.41. The number of rotatable bonds is 6. The van der Waals surface area contributed by atoms with Crippen molar-refractivity contribution in [3.05, 3.63) is 77.1 Å². The van der Waals surface area contributed by atoms with Crippen molar-refractivity contribution in [3.8, 4) is 11.5 Å². The van der Waals surface area contributed by atoms with E-state index in [4.69, 9.17) is 9.47 Å². The molecular formula is C26H28N2O4. The predicted octanol–water partition coefficient (Wildman–Crippen LogP) is 4.56. The number of benzene rings is 2. The molecule has 32 heavy (non-hydrogen) atoms. The highest BCUT2D eigenvalue weighted by Gasteiger charge is 2.43. The number of carbonyl (C=O) groups excluding carboxylic acids is 2. The van der Waals surface area contributed by atoms with Crippen LogP contribution in [0, 0.1) is 5.92 Å². The van der Waals surface area contributed by atoms with Crippen molar-refractivity contribution >= 4 is 17.4 Å². The lowest BCUT2D eigenvalue weighted by molar-refractivity contribution is -0.122. The van der Waals surface area contributed by atoms with Crippen LogP contribution < -0.4 is 20.1 Å². The molecule has 2 N–H and O–H groups in total. The first-order valence-electron chi connectivity index (χ1n) is 10.9. The quantitative estimate of drug-likeness (QED) is 0.700. The number of allylic oxidation sites excluding steroid dienone is 3. The summed E-state index contributed by atoms with van der Waals surface area (Å²) >= 11 is 0. The molecule has 2 aromatic carbocycles. The average Bonchev–Trinajstić information content (AvgIpc) is 2.79. The summed E-state index contributed by atoms with van der Waals surface area (Å²) in [5.74, 6) is 0.334. The second-order valence-corrected chi connectivity index (χ2v) is 7.94. The lowest BCUT2D eigenvalue weighted by atomic mass is 9.70. The third-order valence-corrected chi connectivity index (χ3v) is 5.95. The Morgan fingerprint density at radius 3 is 2.75 bits per heavy atom. The van der Waals surface area contributed by atoms with Crippen molar-refractivity contribution in [2.45, 2.75) is 32.6 Å². The molecule has 0 aromatic heterocycles. The molecule has 0 bridgehead atoms. The summed E-state index contributed by atoms with van der Waals surface area (Å²) in [6.45, 7) is 4.35. The molecule has 6 nitrogen and oxygen atoms in total. The number of hydrogen-bond acceptors (Lipinski definition) is 5. The van der Waals surface area contributed by atoms with Crippen LogP contribution in [-0.4, -0.2) is 25.4 Å². The number of ether oxygens (including phenoxy) is 2. The summed E-state index contributed by atoms with van der Waals surface area (Å²) in [6, 6.07) is 15.0. The molecule has 1 aliphatic heterocycles. The molecular weight excluding hydrogens is 404 g/mol. The Morgan fingerprint density at radius 2 is 1.97 bits per heavy atom. The number of Topliss-reactive ketones (excluding diaryl/α,β-unsaturated/α-hetero) is 1. The molecule has 0 saturated heterocycles. The maximum atomic E-state index is 13.6.